The Balaban J connectivity index is 2.31. The number of nitrogens with zero attached hydrogens (tertiary/aromatic N) is 1. The van der Waals surface area contributed by atoms with Crippen LogP contribution in [0.2, 0.25) is 0 Å². The van der Waals surface area contributed by atoms with E-state index in [9.17, 15) is 4.39 Å². The third-order valence-corrected chi connectivity index (χ3v) is 3.20. The minimum absolute atomic E-state index is 0.382. The average Bonchev–Trinajstić information content (AvgIpc) is 2.30. The van der Waals surface area contributed by atoms with Crippen molar-refractivity contribution in [3.8, 4) is 17.6 Å². The van der Waals surface area contributed by atoms with Crippen molar-refractivity contribution < 1.29 is 9.13 Å². The molecule has 0 saturated carbocycles. The Morgan fingerprint density at radius 3 is 2.50 bits per heavy atom. The Morgan fingerprint density at radius 2 is 1.89 bits per heavy atom. The lowest BCUT2D eigenvalue weighted by Gasteiger charge is -2.08. The number of nitriles is 1. The molecule has 0 aliphatic carbocycles. The van der Waals surface area contributed by atoms with Crippen LogP contribution in [0.5, 0.6) is 11.5 Å². The van der Waals surface area contributed by atoms with Gasteiger partial charge in [-0.05, 0) is 46.3 Å². The molecule has 2 aromatic rings. The number of halogens is 3. The number of hydrogen-bond acceptors (Lipinski definition) is 2. The van der Waals surface area contributed by atoms with E-state index in [4.69, 9.17) is 10.00 Å². The minimum Gasteiger partial charge on any atom is -0.456 e. The van der Waals surface area contributed by atoms with Crippen molar-refractivity contribution in [2.45, 2.75) is 0 Å². The highest BCUT2D eigenvalue weighted by Gasteiger charge is 2.06. The quantitative estimate of drug-likeness (QED) is 0.743. The molecule has 5 heteroatoms. The number of hydrogen-bond donors (Lipinski definition) is 0. The summed E-state index contributed by atoms with van der Waals surface area (Å²) in [7, 11) is 0. The zero-order chi connectivity index (χ0) is 13.1. The van der Waals surface area contributed by atoms with Gasteiger partial charge in [-0.25, -0.2) is 4.39 Å². The van der Waals surface area contributed by atoms with Crippen LogP contribution in [0.1, 0.15) is 5.56 Å². The standard InChI is InChI=1S/C13H6Br2FNO/c14-9-4-10(16)6-11(5-9)18-13-2-1-8(7-17)3-12(13)15/h1-6H. The Hall–Kier alpha value is -1.38. The third kappa shape index (κ3) is 3.09. The highest BCUT2D eigenvalue weighted by Crippen LogP contribution is 2.31. The summed E-state index contributed by atoms with van der Waals surface area (Å²) in [6.07, 6.45) is 0. The van der Waals surface area contributed by atoms with Gasteiger partial charge < -0.3 is 4.74 Å². The SMILES string of the molecule is N#Cc1ccc(Oc2cc(F)cc(Br)c2)c(Br)c1. The molecule has 2 rings (SSSR count). The Labute approximate surface area is 120 Å². The summed E-state index contributed by atoms with van der Waals surface area (Å²) < 4.78 is 20.0. The van der Waals surface area contributed by atoms with E-state index in [1.54, 1.807) is 24.3 Å². The van der Waals surface area contributed by atoms with Gasteiger partial charge in [0, 0.05) is 10.5 Å². The van der Waals surface area contributed by atoms with E-state index in [0.717, 1.165) is 0 Å². The molecule has 0 aromatic heterocycles. The van der Waals surface area contributed by atoms with Gasteiger partial charge in [-0.1, -0.05) is 15.9 Å². The van der Waals surface area contributed by atoms with Crippen LogP contribution in [0, 0.1) is 17.1 Å². The molecule has 0 saturated heterocycles. The summed E-state index contributed by atoms with van der Waals surface area (Å²) in [5.41, 5.74) is 0.523. The van der Waals surface area contributed by atoms with Crippen LogP contribution >= 0.6 is 31.9 Å². The second kappa shape index (κ2) is 5.51. The molecule has 0 aliphatic rings. The molecule has 0 fully saturated rings. The van der Waals surface area contributed by atoms with Gasteiger partial charge in [0.15, 0.2) is 0 Å². The van der Waals surface area contributed by atoms with Crippen molar-refractivity contribution >= 4 is 31.9 Å². The Kier molecular flexibility index (Phi) is 4.00. The van der Waals surface area contributed by atoms with Gasteiger partial charge in [0.2, 0.25) is 0 Å². The van der Waals surface area contributed by atoms with Crippen LogP contribution < -0.4 is 4.74 Å². The Bertz CT molecular complexity index is 617. The molecular formula is C13H6Br2FNO. The van der Waals surface area contributed by atoms with E-state index < -0.39 is 0 Å². The molecule has 0 aliphatic heterocycles. The molecule has 0 bridgehead atoms. The molecule has 0 spiro atoms. The first-order chi connectivity index (χ1) is 8.58. The van der Waals surface area contributed by atoms with Crippen LogP contribution in [0.4, 0.5) is 4.39 Å². The second-order valence-corrected chi connectivity index (χ2v) is 5.23. The van der Waals surface area contributed by atoms with Gasteiger partial charge in [0.05, 0.1) is 16.1 Å². The summed E-state index contributed by atoms with van der Waals surface area (Å²) >= 11 is 6.49. The smallest absolute Gasteiger partial charge is 0.141 e. The van der Waals surface area contributed by atoms with Gasteiger partial charge in [0.25, 0.3) is 0 Å². The molecule has 2 aromatic carbocycles. The molecule has 0 N–H and O–H groups in total. The first-order valence-electron chi connectivity index (χ1n) is 4.92. The lowest BCUT2D eigenvalue weighted by atomic mass is 10.2. The lowest BCUT2D eigenvalue weighted by Crippen LogP contribution is -1.88. The fraction of sp³-hybridized carbons (Fsp3) is 0. The third-order valence-electron chi connectivity index (χ3n) is 2.12. The molecular weight excluding hydrogens is 365 g/mol. The topological polar surface area (TPSA) is 33.0 Å². The van der Waals surface area contributed by atoms with Crippen LogP contribution in [0.15, 0.2) is 45.3 Å². The minimum atomic E-state index is -0.385. The highest BCUT2D eigenvalue weighted by atomic mass is 79.9. The van der Waals surface area contributed by atoms with Gasteiger partial charge in [0.1, 0.15) is 17.3 Å². The van der Waals surface area contributed by atoms with Gasteiger partial charge in [-0.3, -0.25) is 0 Å². The molecule has 0 atom stereocenters. The molecule has 0 unspecified atom stereocenters. The maximum atomic E-state index is 13.2. The van der Waals surface area contributed by atoms with E-state index in [-0.39, 0.29) is 5.82 Å². The fourth-order valence-corrected chi connectivity index (χ4v) is 2.27. The molecule has 0 amide bonds. The molecule has 0 radical (unpaired) electrons. The van der Waals surface area contributed by atoms with Crippen LogP contribution in [0.25, 0.3) is 0 Å². The fourth-order valence-electron chi connectivity index (χ4n) is 1.37. The zero-order valence-corrected chi connectivity index (χ0v) is 12.1. The van der Waals surface area contributed by atoms with E-state index in [1.807, 2.05) is 6.07 Å². The van der Waals surface area contributed by atoms with Gasteiger partial charge in [-0.2, -0.15) is 5.26 Å². The van der Waals surface area contributed by atoms with E-state index >= 15 is 0 Å². The summed E-state index contributed by atoms with van der Waals surface area (Å²) in [4.78, 5) is 0. The van der Waals surface area contributed by atoms with E-state index in [1.165, 1.54) is 12.1 Å². The largest absolute Gasteiger partial charge is 0.456 e. The first kappa shape index (κ1) is 13.1. The summed E-state index contributed by atoms with van der Waals surface area (Å²) in [6.45, 7) is 0. The highest BCUT2D eigenvalue weighted by molar-refractivity contribution is 9.10. The predicted octanol–water partition coefficient (Wildman–Crippen LogP) is 5.01. The van der Waals surface area contributed by atoms with Crippen molar-refractivity contribution in [3.63, 3.8) is 0 Å². The normalized spacial score (nSPS) is 9.89. The lowest BCUT2D eigenvalue weighted by molar-refractivity contribution is 0.473. The van der Waals surface area contributed by atoms with Crippen molar-refractivity contribution in [2.24, 2.45) is 0 Å². The zero-order valence-electron chi connectivity index (χ0n) is 8.95. The van der Waals surface area contributed by atoms with Crippen molar-refractivity contribution in [3.05, 3.63) is 56.7 Å². The van der Waals surface area contributed by atoms with Crippen LogP contribution in [-0.4, -0.2) is 0 Å². The second-order valence-electron chi connectivity index (χ2n) is 3.46. The van der Waals surface area contributed by atoms with Crippen molar-refractivity contribution in [1.82, 2.24) is 0 Å². The van der Waals surface area contributed by atoms with Crippen molar-refractivity contribution in [1.29, 1.82) is 5.26 Å². The maximum absolute atomic E-state index is 13.2. The summed E-state index contributed by atoms with van der Waals surface area (Å²) in [5.74, 6) is 0.517. The number of rotatable bonds is 2. The predicted molar refractivity (Wildman–Crippen MR) is 73.0 cm³/mol. The molecule has 0 heterocycles. The van der Waals surface area contributed by atoms with Crippen LogP contribution in [-0.2, 0) is 0 Å². The number of benzene rings is 2. The van der Waals surface area contributed by atoms with Gasteiger partial charge >= 0.3 is 0 Å². The first-order valence-corrected chi connectivity index (χ1v) is 6.50. The Morgan fingerprint density at radius 1 is 1.11 bits per heavy atom. The maximum Gasteiger partial charge on any atom is 0.141 e. The summed E-state index contributed by atoms with van der Waals surface area (Å²) in [6, 6.07) is 11.2. The van der Waals surface area contributed by atoms with Crippen LogP contribution in [0.3, 0.4) is 0 Å². The van der Waals surface area contributed by atoms with Crippen molar-refractivity contribution in [2.75, 3.05) is 0 Å². The summed E-state index contributed by atoms with van der Waals surface area (Å²) in [5, 5.41) is 8.75. The van der Waals surface area contributed by atoms with E-state index in [0.29, 0.717) is 26.0 Å². The van der Waals surface area contributed by atoms with E-state index in [2.05, 4.69) is 31.9 Å². The average molecular weight is 371 g/mol. The van der Waals surface area contributed by atoms with Gasteiger partial charge in [-0.15, -0.1) is 0 Å². The monoisotopic (exact) mass is 369 g/mol. The molecule has 90 valence electrons. The molecule has 2 nitrogen and oxygen atoms in total. The molecule has 18 heavy (non-hydrogen) atoms. The number of ether oxygens (including phenoxy) is 1.